The Morgan fingerprint density at radius 2 is 1.54 bits per heavy atom. The normalized spacial score (nSPS) is 15.6. The monoisotopic (exact) mass is 340 g/mol. The molecule has 0 aromatic heterocycles. The van der Waals surface area contributed by atoms with Gasteiger partial charge in [0.15, 0.2) is 0 Å². The predicted octanol–water partition coefficient (Wildman–Crippen LogP) is 4.69. The molecule has 24 heavy (non-hydrogen) atoms. The number of halogens is 1. The van der Waals surface area contributed by atoms with Crippen molar-refractivity contribution in [1.82, 2.24) is 9.80 Å². The molecule has 0 radical (unpaired) electrons. The van der Waals surface area contributed by atoms with Crippen molar-refractivity contribution in [3.8, 4) is 0 Å². The average Bonchev–Trinajstić information content (AvgIpc) is 2.58. The molecule has 0 fully saturated rings. The van der Waals surface area contributed by atoms with E-state index in [2.05, 4.69) is 66.4 Å². The summed E-state index contributed by atoms with van der Waals surface area (Å²) in [5.41, 5.74) is 5.43. The molecule has 3 rings (SSSR count). The van der Waals surface area contributed by atoms with Crippen molar-refractivity contribution in [2.75, 3.05) is 27.2 Å². The van der Waals surface area contributed by atoms with Crippen molar-refractivity contribution < 1.29 is 0 Å². The highest BCUT2D eigenvalue weighted by Gasteiger charge is 2.10. The highest BCUT2D eigenvalue weighted by Crippen LogP contribution is 2.21. The lowest BCUT2D eigenvalue weighted by molar-refractivity contribution is 0.319. The van der Waals surface area contributed by atoms with Gasteiger partial charge in [-0.05, 0) is 54.9 Å². The zero-order chi connectivity index (χ0) is 16.9. The Bertz CT molecular complexity index is 689. The van der Waals surface area contributed by atoms with Gasteiger partial charge in [-0.2, -0.15) is 0 Å². The maximum absolute atomic E-state index is 5.94. The van der Waals surface area contributed by atoms with E-state index in [4.69, 9.17) is 11.6 Å². The first-order valence-electron chi connectivity index (χ1n) is 8.50. The molecule has 1 aliphatic rings. The summed E-state index contributed by atoms with van der Waals surface area (Å²) in [5.74, 6) is 0. The lowest BCUT2D eigenvalue weighted by Gasteiger charge is -2.23. The van der Waals surface area contributed by atoms with E-state index in [-0.39, 0.29) is 0 Å². The largest absolute Gasteiger partial charge is 0.302 e. The molecule has 0 atom stereocenters. The molecule has 126 valence electrons. The van der Waals surface area contributed by atoms with Crippen LogP contribution in [0.4, 0.5) is 0 Å². The number of likely N-dealkylation sites (N-methyl/N-ethyl adjacent to an activating group) is 1. The summed E-state index contributed by atoms with van der Waals surface area (Å²) in [6, 6.07) is 17.1. The molecule has 2 aromatic carbocycles. The van der Waals surface area contributed by atoms with Gasteiger partial charge in [0, 0.05) is 31.2 Å². The zero-order valence-electron chi connectivity index (χ0n) is 14.5. The molecule has 2 nitrogen and oxygen atoms in total. The third-order valence-electron chi connectivity index (χ3n) is 4.48. The summed E-state index contributed by atoms with van der Waals surface area (Å²) >= 11 is 5.94. The van der Waals surface area contributed by atoms with Gasteiger partial charge in [-0.25, -0.2) is 0 Å². The predicted molar refractivity (Wildman–Crippen MR) is 103 cm³/mol. The van der Waals surface area contributed by atoms with E-state index >= 15 is 0 Å². The molecular formula is C21H25ClN2. The van der Waals surface area contributed by atoms with E-state index in [1.165, 1.54) is 22.3 Å². The molecule has 0 N–H and O–H groups in total. The van der Waals surface area contributed by atoms with Crippen LogP contribution in [0.5, 0.6) is 0 Å². The maximum atomic E-state index is 5.94. The topological polar surface area (TPSA) is 6.48 Å². The van der Waals surface area contributed by atoms with Crippen LogP contribution in [-0.2, 0) is 13.1 Å². The summed E-state index contributed by atoms with van der Waals surface area (Å²) in [6.07, 6.45) is 3.53. The molecule has 2 aromatic rings. The number of rotatable bonds is 5. The first-order valence-corrected chi connectivity index (χ1v) is 8.88. The summed E-state index contributed by atoms with van der Waals surface area (Å²) in [7, 11) is 4.34. The summed E-state index contributed by atoms with van der Waals surface area (Å²) in [6.45, 7) is 4.09. The first kappa shape index (κ1) is 17.2. The van der Waals surface area contributed by atoms with Gasteiger partial charge >= 0.3 is 0 Å². The lowest BCUT2D eigenvalue weighted by atomic mass is 10.00. The fourth-order valence-electron chi connectivity index (χ4n) is 3.20. The Balaban J connectivity index is 1.59. The molecule has 3 heteroatoms. The van der Waals surface area contributed by atoms with Crippen LogP contribution in [-0.4, -0.2) is 37.0 Å². The van der Waals surface area contributed by atoms with Crippen LogP contribution in [0, 0.1) is 0 Å². The van der Waals surface area contributed by atoms with Crippen molar-refractivity contribution in [3.63, 3.8) is 0 Å². The minimum atomic E-state index is 0.791. The highest BCUT2D eigenvalue weighted by atomic mass is 35.5. The van der Waals surface area contributed by atoms with Crippen LogP contribution < -0.4 is 0 Å². The molecule has 0 bridgehead atoms. The molecule has 0 unspecified atom stereocenters. The van der Waals surface area contributed by atoms with Crippen molar-refractivity contribution in [2.45, 2.75) is 19.5 Å². The molecule has 0 saturated carbocycles. The summed E-state index contributed by atoms with van der Waals surface area (Å²) in [5, 5.41) is 0.791. The van der Waals surface area contributed by atoms with Crippen LogP contribution in [0.3, 0.4) is 0 Å². The van der Waals surface area contributed by atoms with Crippen LogP contribution >= 0.6 is 11.6 Å². The highest BCUT2D eigenvalue weighted by molar-refractivity contribution is 6.30. The first-order chi connectivity index (χ1) is 11.6. The minimum Gasteiger partial charge on any atom is -0.302 e. The van der Waals surface area contributed by atoms with E-state index in [9.17, 15) is 0 Å². The van der Waals surface area contributed by atoms with E-state index in [0.29, 0.717) is 0 Å². The Kier molecular flexibility index (Phi) is 5.72. The van der Waals surface area contributed by atoms with Gasteiger partial charge < -0.3 is 4.90 Å². The van der Waals surface area contributed by atoms with E-state index < -0.39 is 0 Å². The summed E-state index contributed by atoms with van der Waals surface area (Å²) in [4.78, 5) is 4.70. The molecule has 0 spiro atoms. The SMILES string of the molecule is CN1CCC=C(c2ccc(CN(C)Cc3ccc(Cl)cc3)cc2)C1. The fourth-order valence-corrected chi connectivity index (χ4v) is 3.32. The van der Waals surface area contributed by atoms with E-state index in [1.54, 1.807) is 0 Å². The standard InChI is InChI=1S/C21H25ClN2/c1-23-13-3-4-20(16-23)19-9-5-17(6-10-19)14-24(2)15-18-7-11-21(22)12-8-18/h4-12H,3,13-16H2,1-2H3. The lowest BCUT2D eigenvalue weighted by Crippen LogP contribution is -2.24. The van der Waals surface area contributed by atoms with Gasteiger partial charge in [-0.3, -0.25) is 4.90 Å². The maximum Gasteiger partial charge on any atom is 0.0406 e. The smallest absolute Gasteiger partial charge is 0.0406 e. The van der Waals surface area contributed by atoms with Crippen molar-refractivity contribution in [2.24, 2.45) is 0 Å². The second-order valence-electron chi connectivity index (χ2n) is 6.75. The Morgan fingerprint density at radius 3 is 2.12 bits per heavy atom. The number of hydrogen-bond donors (Lipinski definition) is 0. The Hall–Kier alpha value is -1.61. The number of hydrogen-bond acceptors (Lipinski definition) is 2. The van der Waals surface area contributed by atoms with Crippen molar-refractivity contribution >= 4 is 17.2 Å². The van der Waals surface area contributed by atoms with Gasteiger partial charge in [0.2, 0.25) is 0 Å². The molecule has 1 heterocycles. The average molecular weight is 341 g/mol. The molecule has 0 amide bonds. The van der Waals surface area contributed by atoms with Crippen LogP contribution in [0.1, 0.15) is 23.1 Å². The van der Waals surface area contributed by atoms with E-state index in [0.717, 1.165) is 37.6 Å². The molecule has 0 saturated heterocycles. The summed E-state index contributed by atoms with van der Waals surface area (Å²) < 4.78 is 0. The molecule has 0 aliphatic carbocycles. The molecular weight excluding hydrogens is 316 g/mol. The van der Waals surface area contributed by atoms with Crippen molar-refractivity contribution in [1.29, 1.82) is 0 Å². The second-order valence-corrected chi connectivity index (χ2v) is 7.19. The van der Waals surface area contributed by atoms with Gasteiger partial charge in [0.1, 0.15) is 0 Å². The van der Waals surface area contributed by atoms with Gasteiger partial charge in [-0.1, -0.05) is 54.1 Å². The second kappa shape index (κ2) is 7.98. The number of nitrogens with zero attached hydrogens (tertiary/aromatic N) is 2. The molecule has 1 aliphatic heterocycles. The van der Waals surface area contributed by atoms with Crippen LogP contribution in [0.25, 0.3) is 5.57 Å². The van der Waals surface area contributed by atoms with Gasteiger partial charge in [0.25, 0.3) is 0 Å². The quantitative estimate of drug-likeness (QED) is 0.779. The Labute approximate surface area is 150 Å². The van der Waals surface area contributed by atoms with Crippen LogP contribution in [0.15, 0.2) is 54.6 Å². The Morgan fingerprint density at radius 1 is 0.958 bits per heavy atom. The van der Waals surface area contributed by atoms with Gasteiger partial charge in [0.05, 0.1) is 0 Å². The third kappa shape index (κ3) is 4.70. The fraction of sp³-hybridized carbons (Fsp3) is 0.333. The third-order valence-corrected chi connectivity index (χ3v) is 4.74. The number of benzene rings is 2. The minimum absolute atomic E-state index is 0.791. The van der Waals surface area contributed by atoms with E-state index in [1.807, 2.05) is 12.1 Å². The van der Waals surface area contributed by atoms with Crippen molar-refractivity contribution in [3.05, 3.63) is 76.3 Å². The van der Waals surface area contributed by atoms with Crippen LogP contribution in [0.2, 0.25) is 5.02 Å². The van der Waals surface area contributed by atoms with Gasteiger partial charge in [-0.15, -0.1) is 0 Å². The zero-order valence-corrected chi connectivity index (χ0v) is 15.3.